The van der Waals surface area contributed by atoms with Gasteiger partial charge < -0.3 is 11.1 Å². The Balaban J connectivity index is 1.71. The van der Waals surface area contributed by atoms with Gasteiger partial charge in [-0.3, -0.25) is 9.48 Å². The van der Waals surface area contributed by atoms with Gasteiger partial charge >= 0.3 is 0 Å². The summed E-state index contributed by atoms with van der Waals surface area (Å²) in [6.07, 6.45) is 5.35. The highest BCUT2D eigenvalue weighted by atomic mass is 16.2. The fourth-order valence-electron chi connectivity index (χ4n) is 4.35. The zero-order valence-electron chi connectivity index (χ0n) is 13.2. The summed E-state index contributed by atoms with van der Waals surface area (Å²) in [5, 5.41) is 7.50. The van der Waals surface area contributed by atoms with Gasteiger partial charge in [0.05, 0.1) is 11.4 Å². The molecule has 0 spiro atoms. The van der Waals surface area contributed by atoms with Crippen molar-refractivity contribution < 1.29 is 4.79 Å². The van der Waals surface area contributed by atoms with Crippen LogP contribution in [-0.4, -0.2) is 21.7 Å². The second-order valence-electron chi connectivity index (χ2n) is 6.76. The second-order valence-corrected chi connectivity index (χ2v) is 6.76. The number of nitrogens with zero attached hydrogens (tertiary/aromatic N) is 2. The molecule has 2 aliphatic rings. The third-order valence-electron chi connectivity index (χ3n) is 5.48. The Bertz CT molecular complexity index is 551. The lowest BCUT2D eigenvalue weighted by Gasteiger charge is -2.28. The molecule has 5 nitrogen and oxygen atoms in total. The van der Waals surface area contributed by atoms with Crippen LogP contribution in [-0.2, 0) is 6.54 Å². The van der Waals surface area contributed by atoms with Crippen molar-refractivity contribution in [2.75, 3.05) is 5.73 Å². The SMILES string of the molecule is CCn1nc(C)c(N)c1C(=O)NC(C)C1CC2CCC1C2. The van der Waals surface area contributed by atoms with Crippen LogP contribution in [0.5, 0.6) is 0 Å². The number of nitrogen functional groups attached to an aromatic ring is 1. The van der Waals surface area contributed by atoms with Gasteiger partial charge in [0.1, 0.15) is 5.69 Å². The van der Waals surface area contributed by atoms with Crippen molar-refractivity contribution in [2.24, 2.45) is 17.8 Å². The molecule has 3 rings (SSSR count). The van der Waals surface area contributed by atoms with Crippen LogP contribution in [0, 0.1) is 24.7 Å². The van der Waals surface area contributed by atoms with Crippen LogP contribution in [0.15, 0.2) is 0 Å². The minimum atomic E-state index is -0.0785. The summed E-state index contributed by atoms with van der Waals surface area (Å²) in [6, 6.07) is 0.215. The molecule has 0 saturated heterocycles. The Morgan fingerprint density at radius 2 is 2.24 bits per heavy atom. The maximum Gasteiger partial charge on any atom is 0.271 e. The van der Waals surface area contributed by atoms with Gasteiger partial charge in [0.2, 0.25) is 0 Å². The number of anilines is 1. The van der Waals surface area contributed by atoms with E-state index in [0.717, 1.165) is 17.5 Å². The van der Waals surface area contributed by atoms with Crippen molar-refractivity contribution in [3.8, 4) is 0 Å². The number of fused-ring (bicyclic) bond motifs is 2. The highest BCUT2D eigenvalue weighted by Gasteiger charge is 2.42. The predicted octanol–water partition coefficient (Wildman–Crippen LogP) is 2.35. The molecule has 2 fully saturated rings. The predicted molar refractivity (Wildman–Crippen MR) is 82.9 cm³/mol. The van der Waals surface area contributed by atoms with E-state index in [0.29, 0.717) is 23.8 Å². The Hall–Kier alpha value is -1.52. The van der Waals surface area contributed by atoms with Crippen LogP contribution in [0.4, 0.5) is 5.69 Å². The zero-order valence-corrected chi connectivity index (χ0v) is 13.2. The molecule has 4 unspecified atom stereocenters. The summed E-state index contributed by atoms with van der Waals surface area (Å²) >= 11 is 0. The lowest BCUT2D eigenvalue weighted by atomic mass is 9.84. The average Bonchev–Trinajstić information content (AvgIpc) is 3.14. The number of nitrogens with two attached hydrogens (primary N) is 1. The summed E-state index contributed by atoms with van der Waals surface area (Å²) in [5.74, 6) is 2.26. The molecular weight excluding hydrogens is 264 g/mol. The lowest BCUT2D eigenvalue weighted by Crippen LogP contribution is -2.41. The molecule has 2 aliphatic carbocycles. The van der Waals surface area contributed by atoms with Crippen LogP contribution in [0.1, 0.15) is 55.7 Å². The quantitative estimate of drug-likeness (QED) is 0.894. The van der Waals surface area contributed by atoms with Gasteiger partial charge in [-0.2, -0.15) is 5.10 Å². The molecule has 2 saturated carbocycles. The minimum Gasteiger partial charge on any atom is -0.395 e. The monoisotopic (exact) mass is 290 g/mol. The highest BCUT2D eigenvalue weighted by Crippen LogP contribution is 2.49. The standard InChI is InChI=1S/C16H26N4O/c1-4-20-15(14(17)10(3)19-20)16(21)18-9(2)13-8-11-5-6-12(13)7-11/h9,11-13H,4-8,17H2,1-3H3,(H,18,21). The van der Waals surface area contributed by atoms with Gasteiger partial charge in [0.15, 0.2) is 0 Å². The number of aromatic nitrogens is 2. The van der Waals surface area contributed by atoms with Gasteiger partial charge in [0, 0.05) is 12.6 Å². The summed E-state index contributed by atoms with van der Waals surface area (Å²) in [7, 11) is 0. The van der Waals surface area contributed by atoms with Crippen LogP contribution >= 0.6 is 0 Å². The maximum absolute atomic E-state index is 12.6. The fraction of sp³-hybridized carbons (Fsp3) is 0.750. The molecule has 1 heterocycles. The van der Waals surface area contributed by atoms with E-state index in [1.54, 1.807) is 4.68 Å². The number of nitrogens with one attached hydrogen (secondary N) is 1. The Morgan fingerprint density at radius 3 is 2.81 bits per heavy atom. The number of aryl methyl sites for hydroxylation is 2. The minimum absolute atomic E-state index is 0.0785. The smallest absolute Gasteiger partial charge is 0.271 e. The first-order valence-corrected chi connectivity index (χ1v) is 8.15. The third-order valence-corrected chi connectivity index (χ3v) is 5.48. The molecule has 0 radical (unpaired) electrons. The van der Waals surface area contributed by atoms with Crippen molar-refractivity contribution in [2.45, 2.75) is 59.0 Å². The normalized spacial score (nSPS) is 28.8. The Kier molecular flexibility index (Phi) is 3.68. The average molecular weight is 290 g/mol. The van der Waals surface area contributed by atoms with E-state index in [4.69, 9.17) is 5.73 Å². The molecule has 116 valence electrons. The first kappa shape index (κ1) is 14.4. The van der Waals surface area contributed by atoms with Crippen molar-refractivity contribution in [3.05, 3.63) is 11.4 Å². The molecule has 3 N–H and O–H groups in total. The summed E-state index contributed by atoms with van der Waals surface area (Å²) in [5.41, 5.74) is 7.78. The molecule has 1 aromatic rings. The van der Waals surface area contributed by atoms with Gasteiger partial charge in [-0.1, -0.05) is 6.42 Å². The van der Waals surface area contributed by atoms with Crippen molar-refractivity contribution in [3.63, 3.8) is 0 Å². The van der Waals surface area contributed by atoms with Crippen LogP contribution in [0.25, 0.3) is 0 Å². The molecule has 4 atom stereocenters. The fourth-order valence-corrected chi connectivity index (χ4v) is 4.35. The number of carbonyl (C=O) groups is 1. The van der Waals surface area contributed by atoms with E-state index in [-0.39, 0.29) is 11.9 Å². The van der Waals surface area contributed by atoms with E-state index in [1.165, 1.54) is 25.7 Å². The molecule has 1 aromatic heterocycles. The molecule has 2 bridgehead atoms. The molecular formula is C16H26N4O. The third kappa shape index (κ3) is 2.43. The van der Waals surface area contributed by atoms with Crippen LogP contribution < -0.4 is 11.1 Å². The molecule has 1 amide bonds. The number of rotatable bonds is 4. The molecule has 21 heavy (non-hydrogen) atoms. The first-order valence-electron chi connectivity index (χ1n) is 8.15. The summed E-state index contributed by atoms with van der Waals surface area (Å²) in [6.45, 7) is 6.61. The molecule has 0 aromatic carbocycles. The lowest BCUT2D eigenvalue weighted by molar-refractivity contribution is 0.0905. The van der Waals surface area contributed by atoms with E-state index >= 15 is 0 Å². The van der Waals surface area contributed by atoms with E-state index in [9.17, 15) is 4.79 Å². The number of amides is 1. The van der Waals surface area contributed by atoms with Gasteiger partial charge in [-0.15, -0.1) is 0 Å². The van der Waals surface area contributed by atoms with Crippen LogP contribution in [0.3, 0.4) is 0 Å². The van der Waals surface area contributed by atoms with Crippen LogP contribution in [0.2, 0.25) is 0 Å². The maximum atomic E-state index is 12.6. The topological polar surface area (TPSA) is 72.9 Å². The zero-order chi connectivity index (χ0) is 15.1. The van der Waals surface area contributed by atoms with Crippen molar-refractivity contribution >= 4 is 11.6 Å². The van der Waals surface area contributed by atoms with E-state index in [2.05, 4.69) is 17.3 Å². The number of carbonyl (C=O) groups excluding carboxylic acids is 1. The van der Waals surface area contributed by atoms with E-state index in [1.807, 2.05) is 13.8 Å². The number of hydrogen-bond acceptors (Lipinski definition) is 3. The summed E-state index contributed by atoms with van der Waals surface area (Å²) in [4.78, 5) is 12.6. The van der Waals surface area contributed by atoms with E-state index < -0.39 is 0 Å². The number of hydrogen-bond donors (Lipinski definition) is 2. The van der Waals surface area contributed by atoms with Gasteiger partial charge in [-0.25, -0.2) is 0 Å². The largest absolute Gasteiger partial charge is 0.395 e. The van der Waals surface area contributed by atoms with Gasteiger partial charge in [0.25, 0.3) is 5.91 Å². The molecule has 0 aliphatic heterocycles. The Morgan fingerprint density at radius 1 is 1.48 bits per heavy atom. The first-order chi connectivity index (χ1) is 10.0. The summed E-state index contributed by atoms with van der Waals surface area (Å²) < 4.78 is 1.70. The Labute approximate surface area is 126 Å². The van der Waals surface area contributed by atoms with Crippen molar-refractivity contribution in [1.29, 1.82) is 0 Å². The van der Waals surface area contributed by atoms with Gasteiger partial charge in [-0.05, 0) is 57.8 Å². The highest BCUT2D eigenvalue weighted by molar-refractivity contribution is 5.98. The molecule has 5 heteroatoms. The second kappa shape index (κ2) is 5.35. The van der Waals surface area contributed by atoms with Crippen molar-refractivity contribution in [1.82, 2.24) is 15.1 Å².